The van der Waals surface area contributed by atoms with E-state index in [4.69, 9.17) is 4.74 Å². The highest BCUT2D eigenvalue weighted by Crippen LogP contribution is 2.40. The number of hydrogen-bond acceptors (Lipinski definition) is 4. The fourth-order valence-electron chi connectivity index (χ4n) is 5.61. The molecule has 0 aliphatic heterocycles. The maximum Gasteiger partial charge on any atom is 0.187 e. The number of carbonyl (C=O) groups excluding carboxylic acids is 2. The van der Waals surface area contributed by atoms with E-state index in [2.05, 4.69) is 130 Å². The lowest BCUT2D eigenvalue weighted by Crippen LogP contribution is -2.37. The molecule has 2 unspecified atom stereocenters. The zero-order chi connectivity index (χ0) is 35.1. The average molecular weight is 627 g/mol. The summed E-state index contributed by atoms with van der Waals surface area (Å²) in [5.41, 5.74) is 8.22. The molecule has 46 heavy (non-hydrogen) atoms. The number of aliphatic hydroxyl groups excluding tert-OH is 1. The second-order valence-electron chi connectivity index (χ2n) is 13.8. The first-order valence-electron chi connectivity index (χ1n) is 16.1. The van der Waals surface area contributed by atoms with Gasteiger partial charge in [-0.15, -0.1) is 0 Å². The standard InChI is InChI=1S/C42H58O4/c1-30(2)37(41(8,9)27-36(44)29-43)25-23-33(5)21-15-19-31(3)17-13-14-18-32(4)20-16-22-34(6)24-26-38-35(7)40(45)39(46-12)28-42(38,10)11/h13-26,29,36,39,44H,27-28H2,1-12H3/b14-13+,19-15+,20-16+,25-23+,26-24+,31-17+,32-18+,33-21+,34-22+. The Labute approximate surface area is 279 Å². The zero-order valence-electron chi connectivity index (χ0n) is 30.4. The molecule has 0 heterocycles. The Morgan fingerprint density at radius 3 is 1.80 bits per heavy atom. The number of methoxy groups -OCH3 is 1. The summed E-state index contributed by atoms with van der Waals surface area (Å²) in [6.45, 7) is 22.7. The molecule has 0 radical (unpaired) electrons. The minimum atomic E-state index is -0.959. The van der Waals surface area contributed by atoms with Crippen molar-refractivity contribution < 1.29 is 19.4 Å². The van der Waals surface area contributed by atoms with Crippen molar-refractivity contribution in [3.05, 3.63) is 130 Å². The summed E-state index contributed by atoms with van der Waals surface area (Å²) in [5, 5.41) is 9.85. The van der Waals surface area contributed by atoms with Gasteiger partial charge in [-0.05, 0) is 88.9 Å². The first-order valence-corrected chi connectivity index (χ1v) is 16.1. The summed E-state index contributed by atoms with van der Waals surface area (Å²) < 4.78 is 5.40. The topological polar surface area (TPSA) is 63.6 Å². The van der Waals surface area contributed by atoms with Gasteiger partial charge in [0.2, 0.25) is 0 Å². The van der Waals surface area contributed by atoms with Crippen molar-refractivity contribution in [1.82, 2.24) is 0 Å². The smallest absolute Gasteiger partial charge is 0.187 e. The Bertz CT molecular complexity index is 1420. The van der Waals surface area contributed by atoms with Crippen molar-refractivity contribution in [3.63, 3.8) is 0 Å². The number of aliphatic hydroxyl groups is 1. The lowest BCUT2D eigenvalue weighted by atomic mass is 9.71. The van der Waals surface area contributed by atoms with Crippen molar-refractivity contribution in [3.8, 4) is 0 Å². The Morgan fingerprint density at radius 1 is 0.848 bits per heavy atom. The molecule has 0 saturated heterocycles. The molecule has 0 aromatic carbocycles. The summed E-state index contributed by atoms with van der Waals surface area (Å²) in [6.07, 6.45) is 29.3. The normalized spacial score (nSPS) is 19.9. The minimum absolute atomic E-state index is 0.0823. The van der Waals surface area contributed by atoms with Crippen LogP contribution in [0.15, 0.2) is 130 Å². The summed E-state index contributed by atoms with van der Waals surface area (Å²) in [7, 11) is 1.60. The van der Waals surface area contributed by atoms with Crippen LogP contribution in [-0.2, 0) is 14.3 Å². The van der Waals surface area contributed by atoms with Gasteiger partial charge in [-0.1, -0.05) is 141 Å². The predicted molar refractivity (Wildman–Crippen MR) is 196 cm³/mol. The minimum Gasteiger partial charge on any atom is -0.386 e. The summed E-state index contributed by atoms with van der Waals surface area (Å²) in [5.74, 6) is 0.0823. The van der Waals surface area contributed by atoms with Crippen LogP contribution in [0.25, 0.3) is 0 Å². The van der Waals surface area contributed by atoms with Gasteiger partial charge in [0, 0.05) is 7.11 Å². The Morgan fingerprint density at radius 2 is 1.33 bits per heavy atom. The van der Waals surface area contributed by atoms with Crippen molar-refractivity contribution >= 4 is 12.1 Å². The maximum atomic E-state index is 12.6. The zero-order valence-corrected chi connectivity index (χ0v) is 30.4. The van der Waals surface area contributed by atoms with Crippen LogP contribution in [-0.4, -0.2) is 36.5 Å². The van der Waals surface area contributed by atoms with Gasteiger partial charge in [-0.3, -0.25) is 4.79 Å². The molecule has 2 atom stereocenters. The molecular weight excluding hydrogens is 568 g/mol. The molecule has 0 fully saturated rings. The second-order valence-corrected chi connectivity index (χ2v) is 13.8. The lowest BCUT2D eigenvalue weighted by molar-refractivity contribution is -0.127. The number of ketones is 1. The average Bonchev–Trinajstić information content (AvgIpc) is 2.96. The van der Waals surface area contributed by atoms with Gasteiger partial charge in [0.15, 0.2) is 5.78 Å². The molecule has 0 aromatic heterocycles. The number of allylic oxidation sites excluding steroid dienone is 21. The van der Waals surface area contributed by atoms with Gasteiger partial charge in [-0.2, -0.15) is 0 Å². The first-order chi connectivity index (χ1) is 21.4. The van der Waals surface area contributed by atoms with Crippen LogP contribution >= 0.6 is 0 Å². The third kappa shape index (κ3) is 13.8. The van der Waals surface area contributed by atoms with Crippen LogP contribution in [0.4, 0.5) is 0 Å². The van der Waals surface area contributed by atoms with Crippen LogP contribution < -0.4 is 0 Å². The van der Waals surface area contributed by atoms with Crippen molar-refractivity contribution in [2.75, 3.05) is 7.11 Å². The molecule has 0 spiro atoms. The van der Waals surface area contributed by atoms with Crippen LogP contribution in [0.5, 0.6) is 0 Å². The van der Waals surface area contributed by atoms with E-state index in [1.165, 1.54) is 5.57 Å². The highest BCUT2D eigenvalue weighted by Gasteiger charge is 2.37. The van der Waals surface area contributed by atoms with Gasteiger partial charge in [-0.25, -0.2) is 0 Å². The molecule has 4 nitrogen and oxygen atoms in total. The van der Waals surface area contributed by atoms with E-state index in [-0.39, 0.29) is 22.7 Å². The van der Waals surface area contributed by atoms with Crippen molar-refractivity contribution in [1.29, 1.82) is 0 Å². The Hall–Kier alpha value is -3.60. The van der Waals surface area contributed by atoms with Crippen LogP contribution in [0, 0.1) is 10.8 Å². The van der Waals surface area contributed by atoms with E-state index in [1.54, 1.807) is 7.11 Å². The third-order valence-electron chi connectivity index (χ3n) is 8.21. The predicted octanol–water partition coefficient (Wildman–Crippen LogP) is 10.2. The molecule has 1 aliphatic carbocycles. The maximum absolute atomic E-state index is 12.6. The molecule has 0 amide bonds. The van der Waals surface area contributed by atoms with Crippen LogP contribution in [0.3, 0.4) is 0 Å². The van der Waals surface area contributed by atoms with E-state index in [0.717, 1.165) is 39.0 Å². The van der Waals surface area contributed by atoms with Gasteiger partial charge in [0.25, 0.3) is 0 Å². The number of aldehydes is 1. The number of Topliss-reactive ketones (excluding diaryl/α,β-unsaturated/α-hetero) is 1. The molecule has 1 N–H and O–H groups in total. The van der Waals surface area contributed by atoms with Gasteiger partial charge < -0.3 is 14.6 Å². The third-order valence-corrected chi connectivity index (χ3v) is 8.21. The summed E-state index contributed by atoms with van der Waals surface area (Å²) in [4.78, 5) is 23.6. The lowest BCUT2D eigenvalue weighted by Gasteiger charge is -2.36. The van der Waals surface area contributed by atoms with E-state index in [0.29, 0.717) is 19.1 Å². The molecule has 1 rings (SSSR count). The fourth-order valence-corrected chi connectivity index (χ4v) is 5.61. The monoisotopic (exact) mass is 626 g/mol. The van der Waals surface area contributed by atoms with Crippen LogP contribution in [0.2, 0.25) is 0 Å². The molecule has 0 bridgehead atoms. The quantitative estimate of drug-likeness (QED) is 0.145. The summed E-state index contributed by atoms with van der Waals surface area (Å²) in [6, 6.07) is 0. The molecule has 250 valence electrons. The molecule has 1 aliphatic rings. The van der Waals surface area contributed by atoms with E-state index in [9.17, 15) is 14.7 Å². The highest BCUT2D eigenvalue weighted by molar-refractivity contribution is 6.00. The largest absolute Gasteiger partial charge is 0.386 e. The highest BCUT2D eigenvalue weighted by atomic mass is 16.5. The van der Waals surface area contributed by atoms with E-state index >= 15 is 0 Å². The molecule has 4 heteroatoms. The summed E-state index contributed by atoms with van der Waals surface area (Å²) >= 11 is 0. The Kier molecular flexibility index (Phi) is 16.8. The number of ether oxygens (including phenoxy) is 1. The van der Waals surface area contributed by atoms with Crippen LogP contribution in [0.1, 0.15) is 89.0 Å². The van der Waals surface area contributed by atoms with Crippen molar-refractivity contribution in [2.24, 2.45) is 10.8 Å². The van der Waals surface area contributed by atoms with Crippen molar-refractivity contribution in [2.45, 2.75) is 101 Å². The van der Waals surface area contributed by atoms with E-state index in [1.807, 2.05) is 31.2 Å². The molecule has 0 aromatic rings. The fraction of sp³-hybridized carbons (Fsp3) is 0.429. The number of rotatable bonds is 15. The Balaban J connectivity index is 2.79. The second kappa shape index (κ2) is 19.2. The molecular formula is C42H58O4. The van der Waals surface area contributed by atoms with Gasteiger partial charge >= 0.3 is 0 Å². The van der Waals surface area contributed by atoms with Gasteiger partial charge in [0.1, 0.15) is 18.5 Å². The number of hydrogen-bond donors (Lipinski definition) is 1. The molecule has 0 saturated carbocycles. The van der Waals surface area contributed by atoms with Gasteiger partial charge in [0.05, 0.1) is 0 Å². The SMILES string of the molecule is COC1CC(C)(C)C(/C=C/C(C)=C/C=C/C(C)=C/C=C/C=C(C)/C=C/C=C(C)/C=C/C(=C(C)C)C(C)(C)CC(O)C=O)=C(C)C1=O. The first kappa shape index (κ1) is 40.4. The van der Waals surface area contributed by atoms with E-state index < -0.39 is 6.10 Å². The number of carbonyl (C=O) groups is 2.